The van der Waals surface area contributed by atoms with Crippen LogP contribution in [0.1, 0.15) is 18.2 Å². The molecule has 0 saturated heterocycles. The average Bonchev–Trinajstić information content (AvgIpc) is 3.09. The molecule has 0 fully saturated rings. The molecule has 0 atom stereocenters. The molecule has 0 N–H and O–H groups in total. The van der Waals surface area contributed by atoms with Crippen molar-refractivity contribution in [3.05, 3.63) is 102 Å². The molecule has 0 aliphatic heterocycles. The first-order valence-corrected chi connectivity index (χ1v) is 10.2. The Labute approximate surface area is 176 Å². The molecule has 0 amide bonds. The van der Waals surface area contributed by atoms with E-state index in [1.807, 2.05) is 24.3 Å². The van der Waals surface area contributed by atoms with Crippen LogP contribution in [0.5, 0.6) is 0 Å². The zero-order valence-electron chi connectivity index (χ0n) is 17.2. The van der Waals surface area contributed by atoms with Crippen molar-refractivity contribution in [3.63, 3.8) is 0 Å². The van der Waals surface area contributed by atoms with Crippen molar-refractivity contribution in [2.24, 2.45) is 0 Å². The molecule has 4 aromatic carbocycles. The van der Waals surface area contributed by atoms with Gasteiger partial charge in [-0.3, -0.25) is 0 Å². The summed E-state index contributed by atoms with van der Waals surface area (Å²) in [7, 11) is 0. The van der Waals surface area contributed by atoms with E-state index in [2.05, 4.69) is 91.9 Å². The summed E-state index contributed by atoms with van der Waals surface area (Å²) in [6.45, 7) is 14.2. The van der Waals surface area contributed by atoms with Crippen molar-refractivity contribution in [1.82, 2.24) is 4.57 Å². The zero-order chi connectivity index (χ0) is 20.8. The van der Waals surface area contributed by atoms with E-state index in [4.69, 9.17) is 0 Å². The molecule has 1 aromatic heterocycles. The Kier molecular flexibility index (Phi) is 4.18. The Morgan fingerprint density at radius 1 is 0.767 bits per heavy atom. The van der Waals surface area contributed by atoms with Crippen LogP contribution in [0.25, 0.3) is 62.3 Å². The van der Waals surface area contributed by atoms with Gasteiger partial charge in [0.1, 0.15) is 0 Å². The van der Waals surface area contributed by atoms with Gasteiger partial charge in [0.15, 0.2) is 0 Å². The molecule has 5 rings (SSSR count). The fraction of sp³-hybridized carbons (Fsp3) is 0.0345. The Morgan fingerprint density at radius 2 is 1.43 bits per heavy atom. The molecule has 0 radical (unpaired) electrons. The van der Waals surface area contributed by atoms with Crippen LogP contribution in [0.2, 0.25) is 0 Å². The molecule has 0 aliphatic carbocycles. The summed E-state index contributed by atoms with van der Waals surface area (Å²) in [5, 5.41) is 9.91. The molecule has 30 heavy (non-hydrogen) atoms. The number of hydrogen-bond donors (Lipinski definition) is 0. The Morgan fingerprint density at radius 3 is 2.07 bits per heavy atom. The van der Waals surface area contributed by atoms with Gasteiger partial charge < -0.3 is 4.57 Å². The SMILES string of the molecule is C=C/C=c1/c(C=C)c(C=C)n(-c2ccc3ccc4cccc5ccc2c3c45)/c1=C/C. The molecule has 144 valence electrons. The lowest BCUT2D eigenvalue weighted by atomic mass is 9.93. The van der Waals surface area contributed by atoms with Crippen molar-refractivity contribution in [2.75, 3.05) is 0 Å². The first kappa shape index (κ1) is 18.2. The smallest absolute Gasteiger partial charge is 0.0541 e. The minimum atomic E-state index is 1.04. The second-order valence-corrected chi connectivity index (χ2v) is 7.47. The third kappa shape index (κ3) is 2.36. The van der Waals surface area contributed by atoms with Crippen LogP contribution in [0.4, 0.5) is 0 Å². The number of nitrogens with zero attached hydrogens (tertiary/aromatic N) is 1. The highest BCUT2D eigenvalue weighted by molar-refractivity contribution is 6.24. The van der Waals surface area contributed by atoms with Crippen LogP contribution in [-0.2, 0) is 0 Å². The van der Waals surface area contributed by atoms with E-state index in [0.29, 0.717) is 0 Å². The van der Waals surface area contributed by atoms with Gasteiger partial charge >= 0.3 is 0 Å². The maximum absolute atomic E-state index is 4.11. The van der Waals surface area contributed by atoms with E-state index < -0.39 is 0 Å². The summed E-state index contributed by atoms with van der Waals surface area (Å²) < 4.78 is 2.30. The normalized spacial score (nSPS) is 13.0. The van der Waals surface area contributed by atoms with Crippen LogP contribution in [0.15, 0.2) is 80.4 Å². The molecule has 0 unspecified atom stereocenters. The summed E-state index contributed by atoms with van der Waals surface area (Å²) in [5.74, 6) is 0. The van der Waals surface area contributed by atoms with E-state index >= 15 is 0 Å². The summed E-state index contributed by atoms with van der Waals surface area (Å²) in [5.41, 5.74) is 3.26. The summed E-state index contributed by atoms with van der Waals surface area (Å²) in [6, 6.07) is 19.9. The van der Waals surface area contributed by atoms with Crippen LogP contribution < -0.4 is 10.6 Å². The fourth-order valence-corrected chi connectivity index (χ4v) is 4.81. The fourth-order valence-electron chi connectivity index (χ4n) is 4.81. The Bertz CT molecular complexity index is 1580. The number of hydrogen-bond acceptors (Lipinski definition) is 0. The number of allylic oxidation sites excluding steroid dienone is 1. The topological polar surface area (TPSA) is 4.93 Å². The van der Waals surface area contributed by atoms with E-state index in [0.717, 1.165) is 27.5 Å². The molecule has 1 nitrogen and oxygen atoms in total. The Balaban J connectivity index is 2.03. The van der Waals surface area contributed by atoms with Crippen LogP contribution in [0.3, 0.4) is 0 Å². The standard InChI is InChI=1S/C29H23N/c1-5-10-23-22(6-2)25(7-3)30(26(23)8-4)27-18-16-21-14-13-19-11-9-12-20-15-17-24(27)29(21)28(19)20/h5-18H,1-3H2,4H3/b23-10-,26-8+. The van der Waals surface area contributed by atoms with E-state index in [-0.39, 0.29) is 0 Å². The Hall–Kier alpha value is -3.84. The monoisotopic (exact) mass is 385 g/mol. The molecule has 5 aromatic rings. The maximum atomic E-state index is 4.11. The lowest BCUT2D eigenvalue weighted by Crippen LogP contribution is -2.29. The van der Waals surface area contributed by atoms with E-state index in [1.54, 1.807) is 0 Å². The molecule has 0 bridgehead atoms. The molecule has 0 spiro atoms. The summed E-state index contributed by atoms with van der Waals surface area (Å²) in [4.78, 5) is 0. The third-order valence-corrected chi connectivity index (χ3v) is 6.03. The largest absolute Gasteiger partial charge is 0.309 e. The third-order valence-electron chi connectivity index (χ3n) is 6.03. The lowest BCUT2D eigenvalue weighted by Gasteiger charge is -2.16. The van der Waals surface area contributed by atoms with Gasteiger partial charge in [-0.2, -0.15) is 0 Å². The van der Waals surface area contributed by atoms with Crippen LogP contribution in [0, 0.1) is 0 Å². The zero-order valence-corrected chi connectivity index (χ0v) is 17.2. The molecular formula is C29H23N. The van der Waals surface area contributed by atoms with Gasteiger partial charge in [-0.15, -0.1) is 0 Å². The average molecular weight is 386 g/mol. The quantitative estimate of drug-likeness (QED) is 0.314. The first-order chi connectivity index (χ1) is 14.7. The van der Waals surface area contributed by atoms with Gasteiger partial charge in [-0.25, -0.2) is 0 Å². The number of rotatable bonds is 4. The molecule has 0 aliphatic rings. The van der Waals surface area contributed by atoms with Gasteiger partial charge in [-0.05, 0) is 46.0 Å². The number of aromatic nitrogens is 1. The van der Waals surface area contributed by atoms with Crippen molar-refractivity contribution in [2.45, 2.75) is 6.92 Å². The van der Waals surface area contributed by atoms with Crippen molar-refractivity contribution < 1.29 is 0 Å². The second-order valence-electron chi connectivity index (χ2n) is 7.47. The molecular weight excluding hydrogens is 362 g/mol. The van der Waals surface area contributed by atoms with Gasteiger partial charge in [0.2, 0.25) is 0 Å². The second kappa shape index (κ2) is 6.89. The number of benzene rings is 4. The predicted octanol–water partition coefficient (Wildman–Crippen LogP) is 6.43. The minimum Gasteiger partial charge on any atom is -0.309 e. The summed E-state index contributed by atoms with van der Waals surface area (Å²) in [6.07, 6.45) is 9.85. The highest BCUT2D eigenvalue weighted by atomic mass is 15.0. The maximum Gasteiger partial charge on any atom is 0.0541 e. The van der Waals surface area contributed by atoms with Crippen molar-refractivity contribution >= 4 is 56.6 Å². The van der Waals surface area contributed by atoms with Crippen LogP contribution >= 0.6 is 0 Å². The van der Waals surface area contributed by atoms with Crippen LogP contribution in [-0.4, -0.2) is 4.57 Å². The van der Waals surface area contributed by atoms with Gasteiger partial charge in [-0.1, -0.05) is 92.6 Å². The van der Waals surface area contributed by atoms with Crippen molar-refractivity contribution in [1.29, 1.82) is 0 Å². The minimum absolute atomic E-state index is 1.04. The molecule has 1 heteroatoms. The van der Waals surface area contributed by atoms with Crippen molar-refractivity contribution in [3.8, 4) is 5.69 Å². The van der Waals surface area contributed by atoms with Gasteiger partial charge in [0, 0.05) is 21.5 Å². The lowest BCUT2D eigenvalue weighted by molar-refractivity contribution is 1.02. The molecule has 0 saturated carbocycles. The van der Waals surface area contributed by atoms with E-state index in [1.165, 1.54) is 32.3 Å². The highest BCUT2D eigenvalue weighted by Crippen LogP contribution is 2.37. The van der Waals surface area contributed by atoms with Gasteiger partial charge in [0.25, 0.3) is 0 Å². The van der Waals surface area contributed by atoms with Gasteiger partial charge in [0.05, 0.1) is 11.4 Å². The highest BCUT2D eigenvalue weighted by Gasteiger charge is 2.16. The first-order valence-electron chi connectivity index (χ1n) is 10.2. The molecule has 1 heterocycles. The summed E-state index contributed by atoms with van der Waals surface area (Å²) >= 11 is 0. The van der Waals surface area contributed by atoms with E-state index in [9.17, 15) is 0 Å². The predicted molar refractivity (Wildman–Crippen MR) is 134 cm³/mol.